The molecule has 1 saturated carbocycles. The summed E-state index contributed by atoms with van der Waals surface area (Å²) in [6.07, 6.45) is 1.89. The van der Waals surface area contributed by atoms with Crippen molar-refractivity contribution in [2.24, 2.45) is 0 Å². The molecule has 1 atom stereocenters. The van der Waals surface area contributed by atoms with Gasteiger partial charge in [0.1, 0.15) is 11.3 Å². The van der Waals surface area contributed by atoms with Crippen LogP contribution >= 0.6 is 0 Å². The molecule has 0 radical (unpaired) electrons. The average molecular weight is 357 g/mol. The zero-order valence-corrected chi connectivity index (χ0v) is 14.5. The Labute approximate surface area is 147 Å². The van der Waals surface area contributed by atoms with E-state index in [0.717, 1.165) is 40.9 Å². The second-order valence-electron chi connectivity index (χ2n) is 6.05. The van der Waals surface area contributed by atoms with Crippen molar-refractivity contribution in [1.82, 2.24) is 19.3 Å². The standard InChI is InChI=1S/C17H18N4O3S/c1-24-15-8-9-17-16(10-15)18-19-21(17)14-4-2-12(3-5-14)11-20(25(22)23)13-6-7-13/h2-5,8-10,13H,6-7,11H2,1H3,(H,22,23)/p-1. The number of methoxy groups -OCH3 is 1. The molecule has 1 fully saturated rings. The molecule has 7 nitrogen and oxygen atoms in total. The molecular formula is C17H17N4O3S-. The van der Waals surface area contributed by atoms with Crippen molar-refractivity contribution < 1.29 is 13.5 Å². The lowest BCUT2D eigenvalue weighted by Gasteiger charge is -2.23. The van der Waals surface area contributed by atoms with Gasteiger partial charge in [0.25, 0.3) is 0 Å². The fourth-order valence-corrected chi connectivity index (χ4v) is 3.52. The van der Waals surface area contributed by atoms with Crippen LogP contribution in [0.25, 0.3) is 16.7 Å². The van der Waals surface area contributed by atoms with Gasteiger partial charge in [-0.15, -0.1) is 5.10 Å². The molecular weight excluding hydrogens is 340 g/mol. The molecule has 0 bridgehead atoms. The van der Waals surface area contributed by atoms with Crippen LogP contribution in [0.5, 0.6) is 5.75 Å². The van der Waals surface area contributed by atoms with Crippen LogP contribution in [-0.2, 0) is 17.8 Å². The van der Waals surface area contributed by atoms with E-state index in [1.807, 2.05) is 42.5 Å². The predicted molar refractivity (Wildman–Crippen MR) is 92.9 cm³/mol. The van der Waals surface area contributed by atoms with Crippen LogP contribution in [0.2, 0.25) is 0 Å². The normalized spacial score (nSPS) is 15.6. The smallest absolute Gasteiger partial charge is 0.121 e. The molecule has 1 aromatic heterocycles. The molecule has 0 amide bonds. The maximum absolute atomic E-state index is 11.3. The molecule has 1 aliphatic rings. The molecule has 0 aliphatic heterocycles. The highest BCUT2D eigenvalue weighted by Gasteiger charge is 2.29. The Hall–Kier alpha value is -2.29. The molecule has 1 unspecified atom stereocenters. The minimum Gasteiger partial charge on any atom is -0.760 e. The maximum Gasteiger partial charge on any atom is 0.121 e. The number of fused-ring (bicyclic) bond motifs is 1. The van der Waals surface area contributed by atoms with Crippen LogP contribution < -0.4 is 4.74 Å². The first-order valence-electron chi connectivity index (χ1n) is 8.00. The van der Waals surface area contributed by atoms with Crippen LogP contribution in [-0.4, -0.2) is 41.2 Å². The number of ether oxygens (including phenoxy) is 1. The Kier molecular flexibility index (Phi) is 4.24. The number of hydrogen-bond acceptors (Lipinski definition) is 5. The van der Waals surface area contributed by atoms with Gasteiger partial charge in [-0.1, -0.05) is 17.3 Å². The van der Waals surface area contributed by atoms with E-state index < -0.39 is 11.3 Å². The zero-order valence-electron chi connectivity index (χ0n) is 13.7. The second kappa shape index (κ2) is 6.55. The fraction of sp³-hybridized carbons (Fsp3) is 0.294. The average Bonchev–Trinajstić information content (AvgIpc) is 3.38. The topological polar surface area (TPSA) is 83.3 Å². The lowest BCUT2D eigenvalue weighted by Crippen LogP contribution is -2.27. The van der Waals surface area contributed by atoms with Gasteiger partial charge in [0.05, 0.1) is 18.3 Å². The minimum absolute atomic E-state index is 0.159. The summed E-state index contributed by atoms with van der Waals surface area (Å²) in [4.78, 5) is 0. The molecule has 25 heavy (non-hydrogen) atoms. The van der Waals surface area contributed by atoms with E-state index in [-0.39, 0.29) is 6.04 Å². The first-order valence-corrected chi connectivity index (χ1v) is 9.03. The van der Waals surface area contributed by atoms with Crippen molar-refractivity contribution in [3.05, 3.63) is 48.0 Å². The molecule has 2 aromatic carbocycles. The predicted octanol–water partition coefficient (Wildman–Crippen LogP) is 2.19. The summed E-state index contributed by atoms with van der Waals surface area (Å²) in [6, 6.07) is 13.5. The third kappa shape index (κ3) is 3.28. The third-order valence-electron chi connectivity index (χ3n) is 4.32. The largest absolute Gasteiger partial charge is 0.760 e. The summed E-state index contributed by atoms with van der Waals surface area (Å²) in [6.45, 7) is 0.399. The summed E-state index contributed by atoms with van der Waals surface area (Å²) in [5, 5.41) is 8.37. The molecule has 130 valence electrons. The monoisotopic (exact) mass is 357 g/mol. The van der Waals surface area contributed by atoms with E-state index in [0.29, 0.717) is 6.54 Å². The van der Waals surface area contributed by atoms with E-state index in [4.69, 9.17) is 4.74 Å². The van der Waals surface area contributed by atoms with Crippen molar-refractivity contribution in [3.63, 3.8) is 0 Å². The molecule has 3 aromatic rings. The number of hydrogen-bond donors (Lipinski definition) is 0. The molecule has 8 heteroatoms. The minimum atomic E-state index is -2.18. The SMILES string of the molecule is COc1ccc2c(c1)nnn2-c1ccc(CN(C2CC2)S(=O)[O-])cc1. The number of rotatable bonds is 6. The van der Waals surface area contributed by atoms with Gasteiger partial charge in [0.2, 0.25) is 0 Å². The Bertz CT molecular complexity index is 921. The molecule has 1 heterocycles. The highest BCUT2D eigenvalue weighted by atomic mass is 32.2. The molecule has 0 saturated heterocycles. The van der Waals surface area contributed by atoms with E-state index in [1.54, 1.807) is 11.8 Å². The van der Waals surface area contributed by atoms with Gasteiger partial charge in [0.15, 0.2) is 0 Å². The van der Waals surface area contributed by atoms with E-state index in [9.17, 15) is 8.76 Å². The summed E-state index contributed by atoms with van der Waals surface area (Å²) in [5.74, 6) is 0.737. The van der Waals surface area contributed by atoms with Crippen molar-refractivity contribution in [3.8, 4) is 11.4 Å². The molecule has 4 rings (SSSR count). The highest BCUT2D eigenvalue weighted by Crippen LogP contribution is 2.29. The van der Waals surface area contributed by atoms with Crippen molar-refractivity contribution in [2.75, 3.05) is 7.11 Å². The van der Waals surface area contributed by atoms with Crippen LogP contribution in [0, 0.1) is 0 Å². The summed E-state index contributed by atoms with van der Waals surface area (Å²) < 4.78 is 31.1. The van der Waals surface area contributed by atoms with Crippen LogP contribution in [0.3, 0.4) is 0 Å². The van der Waals surface area contributed by atoms with Gasteiger partial charge in [0, 0.05) is 29.9 Å². The molecule has 1 aliphatic carbocycles. The summed E-state index contributed by atoms with van der Waals surface area (Å²) in [7, 11) is 1.62. The van der Waals surface area contributed by atoms with Crippen molar-refractivity contribution in [2.45, 2.75) is 25.4 Å². The number of benzene rings is 2. The molecule has 0 N–H and O–H groups in total. The van der Waals surface area contributed by atoms with Crippen LogP contribution in [0.1, 0.15) is 18.4 Å². The Morgan fingerprint density at radius 2 is 2.04 bits per heavy atom. The Balaban J connectivity index is 1.59. The van der Waals surface area contributed by atoms with Crippen molar-refractivity contribution in [1.29, 1.82) is 0 Å². The van der Waals surface area contributed by atoms with Gasteiger partial charge in [-0.3, -0.25) is 4.21 Å². The van der Waals surface area contributed by atoms with E-state index in [1.165, 1.54) is 4.31 Å². The lowest BCUT2D eigenvalue weighted by molar-refractivity contribution is 0.376. The Morgan fingerprint density at radius 3 is 2.68 bits per heavy atom. The summed E-state index contributed by atoms with van der Waals surface area (Å²) >= 11 is -2.18. The van der Waals surface area contributed by atoms with E-state index >= 15 is 0 Å². The fourth-order valence-electron chi connectivity index (χ4n) is 2.81. The van der Waals surface area contributed by atoms with Gasteiger partial charge in [-0.05, 0) is 42.7 Å². The van der Waals surface area contributed by atoms with Gasteiger partial charge in [-0.2, -0.15) is 0 Å². The van der Waals surface area contributed by atoms with Crippen LogP contribution in [0.4, 0.5) is 0 Å². The summed E-state index contributed by atoms with van der Waals surface area (Å²) in [5.41, 5.74) is 3.46. The van der Waals surface area contributed by atoms with Gasteiger partial charge >= 0.3 is 0 Å². The lowest BCUT2D eigenvalue weighted by atomic mass is 10.2. The third-order valence-corrected chi connectivity index (χ3v) is 5.13. The van der Waals surface area contributed by atoms with Crippen LogP contribution in [0.15, 0.2) is 42.5 Å². The number of nitrogens with zero attached hydrogens (tertiary/aromatic N) is 4. The van der Waals surface area contributed by atoms with Gasteiger partial charge < -0.3 is 9.29 Å². The zero-order chi connectivity index (χ0) is 17.4. The Morgan fingerprint density at radius 1 is 1.28 bits per heavy atom. The second-order valence-corrected chi connectivity index (χ2v) is 6.95. The maximum atomic E-state index is 11.3. The quantitative estimate of drug-likeness (QED) is 0.632. The van der Waals surface area contributed by atoms with Gasteiger partial charge in [-0.25, -0.2) is 8.99 Å². The highest BCUT2D eigenvalue weighted by molar-refractivity contribution is 7.76. The molecule has 0 spiro atoms. The first kappa shape index (κ1) is 16.2. The van der Waals surface area contributed by atoms with E-state index in [2.05, 4.69) is 10.3 Å². The number of aromatic nitrogens is 3. The van der Waals surface area contributed by atoms with Crippen molar-refractivity contribution >= 4 is 22.3 Å². The first-order chi connectivity index (χ1) is 12.2.